The monoisotopic (exact) mass is 492 g/mol. The lowest BCUT2D eigenvalue weighted by Crippen LogP contribution is -2.19. The van der Waals surface area contributed by atoms with Crippen LogP contribution in [0.5, 0.6) is 5.75 Å². The highest BCUT2D eigenvalue weighted by molar-refractivity contribution is 9.10. The summed E-state index contributed by atoms with van der Waals surface area (Å²) in [7, 11) is 0. The molecule has 0 saturated heterocycles. The maximum atomic E-state index is 6.31. The van der Waals surface area contributed by atoms with Crippen LogP contribution in [0.15, 0.2) is 76.4 Å². The van der Waals surface area contributed by atoms with Crippen molar-refractivity contribution in [1.29, 1.82) is 0 Å². The van der Waals surface area contributed by atoms with E-state index in [1.54, 1.807) is 11.8 Å². The van der Waals surface area contributed by atoms with Crippen LogP contribution in [0, 0.1) is 0 Å². The average Bonchev–Trinajstić information content (AvgIpc) is 3.37. The summed E-state index contributed by atoms with van der Waals surface area (Å²) in [5.74, 6) is 2.34. The van der Waals surface area contributed by atoms with Gasteiger partial charge in [0.15, 0.2) is 5.16 Å². The average molecular weight is 493 g/mol. The van der Waals surface area contributed by atoms with Gasteiger partial charge >= 0.3 is 0 Å². The molecule has 1 aliphatic rings. The first-order valence-corrected chi connectivity index (χ1v) is 11.6. The number of hydrogen-bond acceptors (Lipinski definition) is 5. The zero-order valence-corrected chi connectivity index (χ0v) is 18.7. The molecule has 31 heavy (non-hydrogen) atoms. The molecule has 8 heteroatoms. The number of aromatic amines is 1. The van der Waals surface area contributed by atoms with Gasteiger partial charge in [0.05, 0.1) is 17.6 Å². The third kappa shape index (κ3) is 3.40. The van der Waals surface area contributed by atoms with Crippen molar-refractivity contribution in [2.24, 2.45) is 0 Å². The number of hydrogen-bond donors (Lipinski definition) is 1. The number of para-hydroxylation sites is 2. The van der Waals surface area contributed by atoms with E-state index < -0.39 is 6.29 Å². The number of halogens is 1. The maximum Gasteiger partial charge on any atom is 0.231 e. The molecule has 0 fully saturated rings. The van der Waals surface area contributed by atoms with Gasteiger partial charge < -0.3 is 9.47 Å². The number of benzene rings is 3. The van der Waals surface area contributed by atoms with Crippen molar-refractivity contribution in [3.05, 3.63) is 87.9 Å². The molecule has 0 amide bonds. The minimum atomic E-state index is -0.409. The number of thioether (sulfide) groups is 1. The Labute approximate surface area is 190 Å². The van der Waals surface area contributed by atoms with E-state index in [-0.39, 0.29) is 0 Å². The van der Waals surface area contributed by atoms with Crippen molar-refractivity contribution in [3.63, 3.8) is 0 Å². The summed E-state index contributed by atoms with van der Waals surface area (Å²) in [6, 6.07) is 22.3. The third-order valence-corrected chi connectivity index (χ3v) is 6.70. The summed E-state index contributed by atoms with van der Waals surface area (Å²) in [6.45, 7) is 0.505. The van der Waals surface area contributed by atoms with Crippen LogP contribution >= 0.6 is 27.7 Å². The van der Waals surface area contributed by atoms with Gasteiger partial charge in [-0.3, -0.25) is 4.40 Å². The number of nitrogens with one attached hydrogen (secondary N) is 1. The van der Waals surface area contributed by atoms with Crippen LogP contribution < -0.4 is 4.74 Å². The van der Waals surface area contributed by atoms with Crippen molar-refractivity contribution < 1.29 is 9.47 Å². The molecule has 1 atom stereocenters. The molecule has 3 aromatic carbocycles. The van der Waals surface area contributed by atoms with Crippen molar-refractivity contribution in [1.82, 2.24) is 19.6 Å². The molecule has 5 aromatic rings. The van der Waals surface area contributed by atoms with Crippen molar-refractivity contribution in [3.8, 4) is 5.75 Å². The second-order valence-corrected chi connectivity index (χ2v) is 9.14. The second-order valence-electron chi connectivity index (χ2n) is 7.28. The molecule has 0 saturated carbocycles. The van der Waals surface area contributed by atoms with E-state index in [1.807, 2.05) is 48.5 Å². The van der Waals surface area contributed by atoms with Gasteiger partial charge in [0.25, 0.3) is 0 Å². The summed E-state index contributed by atoms with van der Waals surface area (Å²) in [4.78, 5) is 4.60. The lowest BCUT2D eigenvalue weighted by molar-refractivity contribution is -0.111. The number of rotatable bonds is 4. The smallest absolute Gasteiger partial charge is 0.231 e. The molecule has 3 heterocycles. The number of aromatic nitrogens is 4. The Hall–Kier alpha value is -2.81. The topological polar surface area (TPSA) is 64.4 Å². The number of nitrogens with zero attached hydrogens (tertiary/aromatic N) is 3. The summed E-state index contributed by atoms with van der Waals surface area (Å²) >= 11 is 5.28. The highest BCUT2D eigenvalue weighted by Gasteiger charge is 2.25. The van der Waals surface area contributed by atoms with Crippen LogP contribution in [0.4, 0.5) is 0 Å². The van der Waals surface area contributed by atoms with Gasteiger partial charge in [-0.2, -0.15) is 0 Å². The zero-order chi connectivity index (χ0) is 20.8. The minimum Gasteiger partial charge on any atom is -0.460 e. The summed E-state index contributed by atoms with van der Waals surface area (Å²) in [5, 5.41) is 8.38. The molecule has 0 radical (unpaired) electrons. The van der Waals surface area contributed by atoms with Gasteiger partial charge in [-0.1, -0.05) is 70.2 Å². The lowest BCUT2D eigenvalue weighted by atomic mass is 10.1. The molecular formula is C23H17BrN4O2S. The molecule has 6 nitrogen and oxygen atoms in total. The fourth-order valence-electron chi connectivity index (χ4n) is 3.84. The molecule has 1 aliphatic heterocycles. The van der Waals surface area contributed by atoms with E-state index in [4.69, 9.17) is 9.47 Å². The Bertz CT molecular complexity index is 1400. The van der Waals surface area contributed by atoms with Crippen LogP contribution in [0.3, 0.4) is 0 Å². The maximum absolute atomic E-state index is 6.31. The van der Waals surface area contributed by atoms with Crippen LogP contribution in [0.2, 0.25) is 0 Å². The third-order valence-electron chi connectivity index (χ3n) is 5.25. The molecular weight excluding hydrogens is 476 g/mol. The van der Waals surface area contributed by atoms with Crippen LogP contribution in [-0.4, -0.2) is 19.6 Å². The standard InChI is InChI=1S/C23H17BrN4O2S/c24-17-10-15-12-29-21(14-6-2-1-3-7-14)30-20(15)16(11-17)13-31-23-27-26-22-25-18-8-4-5-9-19(18)28(22)23/h1-11,21H,12-13H2,(H,25,26)/t21-/m0/s1. The van der Waals surface area contributed by atoms with Crippen molar-refractivity contribution >= 4 is 44.5 Å². The molecule has 1 N–H and O–H groups in total. The van der Waals surface area contributed by atoms with Gasteiger partial charge in [-0.05, 0) is 24.3 Å². The lowest BCUT2D eigenvalue weighted by Gasteiger charge is -2.28. The molecule has 0 unspecified atom stereocenters. The Balaban J connectivity index is 1.32. The number of H-pyrrole nitrogens is 1. The molecule has 2 aromatic heterocycles. The predicted octanol–water partition coefficient (Wildman–Crippen LogP) is 5.87. The fraction of sp³-hybridized carbons (Fsp3) is 0.130. The minimum absolute atomic E-state index is 0.409. The van der Waals surface area contributed by atoms with E-state index in [9.17, 15) is 0 Å². The molecule has 0 spiro atoms. The molecule has 0 bridgehead atoms. The Morgan fingerprint density at radius 3 is 2.84 bits per heavy atom. The SMILES string of the molecule is Brc1cc2c(c(CSc3n[nH]c4nc5ccccc5n34)c1)O[C@@H](c1ccccc1)OC2. The Morgan fingerprint density at radius 2 is 1.94 bits per heavy atom. The number of ether oxygens (including phenoxy) is 2. The van der Waals surface area contributed by atoms with Gasteiger partial charge in [0.1, 0.15) is 5.75 Å². The van der Waals surface area contributed by atoms with Crippen LogP contribution in [0.25, 0.3) is 16.8 Å². The first-order valence-electron chi connectivity index (χ1n) is 9.85. The highest BCUT2D eigenvalue weighted by Crippen LogP contribution is 2.40. The molecule has 154 valence electrons. The van der Waals surface area contributed by atoms with Crippen molar-refractivity contribution in [2.75, 3.05) is 0 Å². The van der Waals surface area contributed by atoms with Gasteiger partial charge in [-0.25, -0.2) is 10.1 Å². The molecule has 6 rings (SSSR count). The summed E-state index contributed by atoms with van der Waals surface area (Å²) in [6.07, 6.45) is -0.409. The van der Waals surface area contributed by atoms with E-state index in [2.05, 4.69) is 53.7 Å². The quantitative estimate of drug-likeness (QED) is 0.317. The zero-order valence-electron chi connectivity index (χ0n) is 16.3. The van der Waals surface area contributed by atoms with Gasteiger partial charge in [-0.15, -0.1) is 5.10 Å². The van der Waals surface area contributed by atoms with Crippen LogP contribution in [0.1, 0.15) is 23.0 Å². The Morgan fingerprint density at radius 1 is 1.10 bits per heavy atom. The first-order chi connectivity index (χ1) is 15.3. The van der Waals surface area contributed by atoms with Gasteiger partial charge in [0, 0.05) is 26.9 Å². The van der Waals surface area contributed by atoms with E-state index in [0.29, 0.717) is 12.4 Å². The second kappa shape index (κ2) is 7.71. The first kappa shape index (κ1) is 18.9. The highest BCUT2D eigenvalue weighted by atomic mass is 79.9. The van der Waals surface area contributed by atoms with Crippen LogP contribution in [-0.2, 0) is 17.1 Å². The van der Waals surface area contributed by atoms with Crippen molar-refractivity contribution in [2.45, 2.75) is 23.8 Å². The largest absolute Gasteiger partial charge is 0.460 e. The number of fused-ring (bicyclic) bond motifs is 4. The van der Waals surface area contributed by atoms with Gasteiger partial charge in [0.2, 0.25) is 12.1 Å². The fourth-order valence-corrected chi connectivity index (χ4v) is 5.32. The van der Waals surface area contributed by atoms with E-state index >= 15 is 0 Å². The van der Waals surface area contributed by atoms with E-state index in [0.717, 1.165) is 48.9 Å². The molecule has 0 aliphatic carbocycles. The summed E-state index contributed by atoms with van der Waals surface area (Å²) < 4.78 is 15.3. The Kier molecular flexibility index (Phi) is 4.70. The normalized spacial score (nSPS) is 15.8. The predicted molar refractivity (Wildman–Crippen MR) is 123 cm³/mol. The number of imidazole rings is 1. The van der Waals surface area contributed by atoms with E-state index in [1.165, 1.54) is 0 Å². The summed E-state index contributed by atoms with van der Waals surface area (Å²) in [5.41, 5.74) is 5.13.